The molecular formula is C24H22ClFN4O3. The van der Waals surface area contributed by atoms with Crippen LogP contribution < -0.4 is 20.9 Å². The summed E-state index contributed by atoms with van der Waals surface area (Å²) in [6, 6.07) is 17.4. The molecule has 0 aliphatic heterocycles. The molecule has 3 aromatic carbocycles. The second-order valence-electron chi connectivity index (χ2n) is 7.02. The highest BCUT2D eigenvalue weighted by Gasteiger charge is 2.16. The van der Waals surface area contributed by atoms with Gasteiger partial charge < -0.3 is 10.6 Å². The van der Waals surface area contributed by atoms with Crippen molar-refractivity contribution in [3.8, 4) is 0 Å². The highest BCUT2D eigenvalue weighted by Crippen LogP contribution is 2.19. The molecule has 7 nitrogen and oxygen atoms in total. The van der Waals surface area contributed by atoms with Gasteiger partial charge in [-0.25, -0.2) is 14.0 Å². The molecule has 33 heavy (non-hydrogen) atoms. The van der Waals surface area contributed by atoms with Crippen molar-refractivity contribution in [3.63, 3.8) is 0 Å². The van der Waals surface area contributed by atoms with Crippen LogP contribution >= 0.6 is 11.6 Å². The van der Waals surface area contributed by atoms with Gasteiger partial charge in [-0.3, -0.25) is 15.0 Å². The quantitative estimate of drug-likeness (QED) is 0.421. The molecule has 0 fully saturated rings. The fourth-order valence-electron chi connectivity index (χ4n) is 3.00. The van der Waals surface area contributed by atoms with Crippen molar-refractivity contribution in [3.05, 3.63) is 89.2 Å². The van der Waals surface area contributed by atoms with Crippen LogP contribution in [0.4, 0.5) is 31.0 Å². The Kier molecular flexibility index (Phi) is 7.99. The summed E-state index contributed by atoms with van der Waals surface area (Å²) in [7, 11) is 0. The minimum absolute atomic E-state index is 0.185. The molecule has 0 heterocycles. The number of imide groups is 1. The molecule has 0 spiro atoms. The van der Waals surface area contributed by atoms with Crippen molar-refractivity contribution in [2.24, 2.45) is 0 Å². The Morgan fingerprint density at radius 1 is 0.879 bits per heavy atom. The molecule has 0 aromatic heterocycles. The number of halogens is 2. The van der Waals surface area contributed by atoms with E-state index >= 15 is 0 Å². The Bertz CT molecular complexity index is 1140. The van der Waals surface area contributed by atoms with E-state index < -0.39 is 11.9 Å². The Balaban J connectivity index is 1.59. The van der Waals surface area contributed by atoms with Crippen molar-refractivity contribution < 1.29 is 18.8 Å². The lowest BCUT2D eigenvalue weighted by molar-refractivity contribution is 0.0967. The van der Waals surface area contributed by atoms with Gasteiger partial charge in [0.25, 0.3) is 5.91 Å². The van der Waals surface area contributed by atoms with Crippen LogP contribution in [-0.4, -0.2) is 24.5 Å². The first-order chi connectivity index (χ1) is 15.9. The van der Waals surface area contributed by atoms with Gasteiger partial charge >= 0.3 is 12.1 Å². The van der Waals surface area contributed by atoms with Crippen molar-refractivity contribution >= 4 is 46.6 Å². The number of carbonyl (C=O) groups is 3. The standard InChI is InChI=1S/C24H22ClFN4O3/c1-2-15-30(19-13-7-16(26)8-14-19)24(33)28-18-11-9-17(10-12-18)27-23(32)29-22(31)20-5-3-4-6-21(20)25/h3-14H,2,15H2,1H3,(H,28,33)(H2,27,29,31,32). The lowest BCUT2D eigenvalue weighted by Gasteiger charge is -2.22. The van der Waals surface area contributed by atoms with Crippen LogP contribution in [0, 0.1) is 5.82 Å². The van der Waals surface area contributed by atoms with Crippen LogP contribution in [0.3, 0.4) is 0 Å². The molecule has 5 amide bonds. The van der Waals surface area contributed by atoms with Crippen LogP contribution in [0.5, 0.6) is 0 Å². The van der Waals surface area contributed by atoms with E-state index in [1.165, 1.54) is 23.1 Å². The van der Waals surface area contributed by atoms with Crippen LogP contribution in [-0.2, 0) is 0 Å². The number of benzene rings is 3. The fourth-order valence-corrected chi connectivity index (χ4v) is 3.22. The number of nitrogens with zero attached hydrogens (tertiary/aromatic N) is 1. The molecule has 0 radical (unpaired) electrons. The maximum atomic E-state index is 13.2. The third-order valence-corrected chi connectivity index (χ3v) is 4.90. The smallest absolute Gasteiger partial charge is 0.308 e. The van der Waals surface area contributed by atoms with E-state index in [0.29, 0.717) is 23.6 Å². The second-order valence-corrected chi connectivity index (χ2v) is 7.43. The summed E-state index contributed by atoms with van der Waals surface area (Å²) in [5.41, 5.74) is 1.68. The third-order valence-electron chi connectivity index (χ3n) is 4.57. The van der Waals surface area contributed by atoms with E-state index in [9.17, 15) is 18.8 Å². The molecule has 0 unspecified atom stereocenters. The van der Waals surface area contributed by atoms with E-state index in [-0.39, 0.29) is 22.4 Å². The molecule has 0 aliphatic carbocycles. The lowest BCUT2D eigenvalue weighted by Crippen LogP contribution is -2.35. The van der Waals surface area contributed by atoms with E-state index in [1.54, 1.807) is 54.6 Å². The first-order valence-electron chi connectivity index (χ1n) is 10.2. The largest absolute Gasteiger partial charge is 0.326 e. The summed E-state index contributed by atoms with van der Waals surface area (Å²) in [4.78, 5) is 38.5. The number of nitrogens with one attached hydrogen (secondary N) is 3. The summed E-state index contributed by atoms with van der Waals surface area (Å²) in [5.74, 6) is -1.00. The van der Waals surface area contributed by atoms with Gasteiger partial charge in [0.2, 0.25) is 0 Å². The maximum Gasteiger partial charge on any atom is 0.326 e. The monoisotopic (exact) mass is 468 g/mol. The summed E-state index contributed by atoms with van der Waals surface area (Å²) >= 11 is 5.96. The maximum absolute atomic E-state index is 13.2. The molecule has 0 atom stereocenters. The first kappa shape index (κ1) is 23.7. The van der Waals surface area contributed by atoms with Crippen molar-refractivity contribution in [2.75, 3.05) is 22.1 Å². The highest BCUT2D eigenvalue weighted by molar-refractivity contribution is 6.34. The SMILES string of the molecule is CCCN(C(=O)Nc1ccc(NC(=O)NC(=O)c2ccccc2Cl)cc1)c1ccc(F)cc1. The molecule has 170 valence electrons. The zero-order valence-corrected chi connectivity index (χ0v) is 18.5. The van der Waals surface area contributed by atoms with Crippen LogP contribution in [0.15, 0.2) is 72.8 Å². The minimum atomic E-state index is -0.720. The minimum Gasteiger partial charge on any atom is -0.308 e. The summed E-state index contributed by atoms with van der Waals surface area (Å²) in [6.45, 7) is 2.39. The second kappa shape index (κ2) is 11.1. The molecule has 0 saturated carbocycles. The Hall–Kier alpha value is -3.91. The summed E-state index contributed by atoms with van der Waals surface area (Å²) < 4.78 is 13.2. The van der Waals surface area contributed by atoms with Crippen LogP contribution in [0.2, 0.25) is 5.02 Å². The van der Waals surface area contributed by atoms with Gasteiger partial charge in [-0.15, -0.1) is 0 Å². The number of hydrogen-bond donors (Lipinski definition) is 3. The zero-order chi connectivity index (χ0) is 23.8. The fraction of sp³-hybridized carbons (Fsp3) is 0.125. The van der Waals surface area contributed by atoms with Crippen LogP contribution in [0.1, 0.15) is 23.7 Å². The van der Waals surface area contributed by atoms with Crippen molar-refractivity contribution in [1.82, 2.24) is 5.32 Å². The zero-order valence-electron chi connectivity index (χ0n) is 17.8. The van der Waals surface area contributed by atoms with Gasteiger partial charge in [0.15, 0.2) is 0 Å². The number of rotatable bonds is 6. The Labute approximate surface area is 195 Å². The van der Waals surface area contributed by atoms with E-state index in [1.807, 2.05) is 6.92 Å². The number of hydrogen-bond acceptors (Lipinski definition) is 3. The molecule has 9 heteroatoms. The molecule has 0 aliphatic rings. The highest BCUT2D eigenvalue weighted by atomic mass is 35.5. The van der Waals surface area contributed by atoms with Crippen LogP contribution in [0.25, 0.3) is 0 Å². The summed E-state index contributed by atoms with van der Waals surface area (Å²) in [5, 5.41) is 7.76. The third kappa shape index (κ3) is 6.54. The predicted molar refractivity (Wildman–Crippen MR) is 127 cm³/mol. The number of anilines is 3. The predicted octanol–water partition coefficient (Wildman–Crippen LogP) is 5.89. The molecule has 0 bridgehead atoms. The Morgan fingerprint density at radius 2 is 1.48 bits per heavy atom. The molecular weight excluding hydrogens is 447 g/mol. The van der Waals surface area contributed by atoms with Gasteiger partial charge in [-0.05, 0) is 67.1 Å². The normalized spacial score (nSPS) is 10.3. The number of amides is 5. The average molecular weight is 469 g/mol. The lowest BCUT2D eigenvalue weighted by atomic mass is 10.2. The Morgan fingerprint density at radius 3 is 2.09 bits per heavy atom. The molecule has 0 saturated heterocycles. The first-order valence-corrected chi connectivity index (χ1v) is 10.6. The van der Waals surface area contributed by atoms with Crippen molar-refractivity contribution in [1.29, 1.82) is 0 Å². The van der Waals surface area contributed by atoms with Gasteiger partial charge in [-0.1, -0.05) is 30.7 Å². The van der Waals surface area contributed by atoms with Gasteiger partial charge in [-0.2, -0.15) is 0 Å². The molecule has 3 rings (SSSR count). The molecule has 3 aromatic rings. The molecule has 3 N–H and O–H groups in total. The number of carbonyl (C=O) groups excluding carboxylic acids is 3. The topological polar surface area (TPSA) is 90.5 Å². The van der Waals surface area contributed by atoms with Crippen molar-refractivity contribution in [2.45, 2.75) is 13.3 Å². The average Bonchev–Trinajstić information content (AvgIpc) is 2.79. The van der Waals surface area contributed by atoms with Gasteiger partial charge in [0, 0.05) is 23.6 Å². The van der Waals surface area contributed by atoms with E-state index in [4.69, 9.17) is 11.6 Å². The summed E-state index contributed by atoms with van der Waals surface area (Å²) in [6.07, 6.45) is 0.718. The number of urea groups is 2. The van der Waals surface area contributed by atoms with E-state index in [2.05, 4.69) is 16.0 Å². The van der Waals surface area contributed by atoms with Gasteiger partial charge in [0.05, 0.1) is 10.6 Å². The van der Waals surface area contributed by atoms with Gasteiger partial charge in [0.1, 0.15) is 5.82 Å². The van der Waals surface area contributed by atoms with E-state index in [0.717, 1.165) is 6.42 Å².